The normalized spacial score (nSPS) is 11.8. The zero-order valence-electron chi connectivity index (χ0n) is 46.0. The highest BCUT2D eigenvalue weighted by Gasteiger charge is 2.21. The number of aryl methyl sites for hydroxylation is 2. The van der Waals surface area contributed by atoms with Gasteiger partial charge in [0.15, 0.2) is 0 Å². The second-order valence-electron chi connectivity index (χ2n) is 16.9. The van der Waals surface area contributed by atoms with Crippen LogP contribution in [-0.2, 0) is 30.7 Å². The number of allylic oxidation sites excluding steroid dienone is 1. The molecule has 9 heteroatoms. The molecule has 9 nitrogen and oxygen atoms in total. The highest BCUT2D eigenvalue weighted by molar-refractivity contribution is 6.06. The largest absolute Gasteiger partial charge is 0.405 e. The minimum absolute atomic E-state index is 0.0285. The van der Waals surface area contributed by atoms with Crippen molar-refractivity contribution in [2.45, 2.75) is 185 Å². The van der Waals surface area contributed by atoms with Gasteiger partial charge in [0.25, 0.3) is 0 Å². The van der Waals surface area contributed by atoms with E-state index >= 15 is 0 Å². The minimum atomic E-state index is 0.0285. The summed E-state index contributed by atoms with van der Waals surface area (Å²) in [4.78, 5) is 34.0. The number of H-pyrrole nitrogens is 2. The summed E-state index contributed by atoms with van der Waals surface area (Å²) in [5.74, 6) is 1.82. The van der Waals surface area contributed by atoms with Gasteiger partial charge in [-0.2, -0.15) is 0 Å². The predicted molar refractivity (Wildman–Crippen MR) is 309 cm³/mol. The van der Waals surface area contributed by atoms with Crippen molar-refractivity contribution < 1.29 is 4.79 Å². The average Bonchev–Trinajstić information content (AvgIpc) is 4.07. The second kappa shape index (κ2) is 40.8. The molecule has 0 spiro atoms. The zero-order chi connectivity index (χ0) is 53.4. The van der Waals surface area contributed by atoms with Gasteiger partial charge in [0.1, 0.15) is 11.6 Å². The summed E-state index contributed by atoms with van der Waals surface area (Å²) >= 11 is 0. The molecule has 2 aromatic heterocycles. The van der Waals surface area contributed by atoms with E-state index in [1.54, 1.807) is 6.20 Å². The van der Waals surface area contributed by atoms with E-state index in [2.05, 4.69) is 188 Å². The Morgan fingerprint density at radius 2 is 1.37 bits per heavy atom. The van der Waals surface area contributed by atoms with Crippen LogP contribution in [0.5, 0.6) is 0 Å². The van der Waals surface area contributed by atoms with Gasteiger partial charge in [0, 0.05) is 17.5 Å². The molecule has 3 aromatic carbocycles. The van der Waals surface area contributed by atoms with Gasteiger partial charge in [-0.15, -0.1) is 32.3 Å². The molecular weight excluding hydrogens is 861 g/mol. The van der Waals surface area contributed by atoms with Crippen molar-refractivity contribution in [1.82, 2.24) is 35.1 Å². The third-order valence-electron chi connectivity index (χ3n) is 11.7. The molecule has 0 unspecified atom stereocenters. The van der Waals surface area contributed by atoms with Gasteiger partial charge in [-0.1, -0.05) is 151 Å². The van der Waals surface area contributed by atoms with Crippen LogP contribution in [0.25, 0.3) is 44.2 Å². The number of aromatic nitrogens is 4. The van der Waals surface area contributed by atoms with Gasteiger partial charge in [-0.3, -0.25) is 9.69 Å². The molecular formula is C61H96N8O. The molecule has 70 heavy (non-hydrogen) atoms. The van der Waals surface area contributed by atoms with Crippen LogP contribution >= 0.6 is 0 Å². The van der Waals surface area contributed by atoms with Crippen LogP contribution in [0.4, 0.5) is 0 Å². The minimum Gasteiger partial charge on any atom is -0.405 e. The van der Waals surface area contributed by atoms with E-state index in [0.29, 0.717) is 12.6 Å². The number of nitrogens with two attached hydrogens (primary N) is 1. The predicted octanol–water partition coefficient (Wildman–Crippen LogP) is 15.3. The fraction of sp³-hybridized carbons (Fsp3) is 0.492. The fourth-order valence-electron chi connectivity index (χ4n) is 7.55. The van der Waals surface area contributed by atoms with Gasteiger partial charge >= 0.3 is 0 Å². The topological polar surface area (TPSA) is 119 Å². The molecule has 1 aliphatic rings. The Bertz CT molecular complexity index is 2190. The summed E-state index contributed by atoms with van der Waals surface area (Å²) in [5, 5.41) is 5.35. The van der Waals surface area contributed by atoms with Crippen LogP contribution in [0.3, 0.4) is 0 Å². The number of terminal acetylenes is 2. The molecule has 0 radical (unpaired) electrons. The van der Waals surface area contributed by atoms with Crippen molar-refractivity contribution in [3.05, 3.63) is 110 Å². The lowest BCUT2D eigenvalue weighted by molar-refractivity contribution is -0.132. The SMILES string of the molecule is C#C.C#C.C1CCCCC1.C=CCC.C=CN.C=CNCC(=O)N(Cc1ncc(-c2ccc(-c3cc4ccc5[nH]c(CN(C)[C@@H](C)CC)nc5c4cc3CCC)c(CC)c2)[nH]1)[C@@H](C)CC.CC.CCC. The third kappa shape index (κ3) is 22.6. The fourth-order valence-corrected chi connectivity index (χ4v) is 7.55. The monoisotopic (exact) mass is 957 g/mol. The number of carbonyl (C=O) groups excluding carboxylic acids is 1. The summed E-state index contributed by atoms with van der Waals surface area (Å²) in [6.45, 7) is 35.2. The molecule has 2 atom stereocenters. The standard InChI is InChI=1S/C40H53N7O.C6H12.C4H8.C3H8.C2H5N.C2H6.2C2H2/c1-9-14-29-21-34-30(16-18-35-40(34)45-38(43-35)24-46(8)26(6)10-2)20-33(29)32-17-15-31(19-28(32)12-4)36-22-42-37(44-36)25-47(27(7)11-3)39(48)23-41-13-5;1-2-4-6-5-3-1;1-3-4-2;1-3-2;1-2-3;3*1-2/h13,15-22,26-27,41H,5,9-12,14,23-25H2,1-4,6-8H3,(H,42,44)(H,43,45);1-6H2;3H,1,4H2,2H3;3H2,1-2H3;2H,1,3H2;1-2H3;2*1-2H/t26-,27-;;;;;;;/m0......./s1. The number of rotatable bonds is 17. The lowest BCUT2D eigenvalue weighted by atomic mass is 9.88. The van der Waals surface area contributed by atoms with Crippen molar-refractivity contribution in [3.63, 3.8) is 0 Å². The number of hydrogen-bond donors (Lipinski definition) is 4. The Morgan fingerprint density at radius 1 is 0.800 bits per heavy atom. The van der Waals surface area contributed by atoms with Crippen LogP contribution in [0.1, 0.15) is 170 Å². The van der Waals surface area contributed by atoms with E-state index in [1.165, 1.54) is 84.2 Å². The number of amides is 1. The molecule has 1 amide bonds. The zero-order valence-corrected chi connectivity index (χ0v) is 46.0. The Kier molecular flexibility index (Phi) is 38.5. The highest BCUT2D eigenvalue weighted by Crippen LogP contribution is 2.36. The van der Waals surface area contributed by atoms with Crippen molar-refractivity contribution in [2.24, 2.45) is 5.73 Å². The van der Waals surface area contributed by atoms with E-state index in [4.69, 9.17) is 4.98 Å². The molecule has 1 aliphatic carbocycles. The quantitative estimate of drug-likeness (QED) is 0.0544. The average molecular weight is 957 g/mol. The molecule has 1 fully saturated rings. The number of nitrogens with one attached hydrogen (secondary N) is 3. The molecule has 2 heterocycles. The Hall–Kier alpha value is -6.03. The first kappa shape index (κ1) is 66.1. The van der Waals surface area contributed by atoms with E-state index in [1.807, 2.05) is 31.0 Å². The van der Waals surface area contributed by atoms with Gasteiger partial charge in [0.05, 0.1) is 42.6 Å². The van der Waals surface area contributed by atoms with Crippen LogP contribution in [0.15, 0.2) is 86.9 Å². The molecule has 0 aliphatic heterocycles. The third-order valence-corrected chi connectivity index (χ3v) is 11.7. The number of nitrogens with zero attached hydrogens (tertiary/aromatic N) is 4. The Morgan fingerprint density at radius 3 is 1.87 bits per heavy atom. The molecule has 0 saturated heterocycles. The maximum Gasteiger partial charge on any atom is 0.242 e. The van der Waals surface area contributed by atoms with Gasteiger partial charge in [-0.05, 0) is 123 Å². The second-order valence-corrected chi connectivity index (χ2v) is 16.9. The molecule has 6 rings (SSSR count). The number of aromatic amines is 2. The number of hydrogen-bond acceptors (Lipinski definition) is 6. The van der Waals surface area contributed by atoms with E-state index in [0.717, 1.165) is 79.0 Å². The first-order valence-corrected chi connectivity index (χ1v) is 26.0. The van der Waals surface area contributed by atoms with Gasteiger partial charge < -0.3 is 25.9 Å². The number of fused-ring (bicyclic) bond motifs is 3. The van der Waals surface area contributed by atoms with Crippen molar-refractivity contribution in [1.29, 1.82) is 0 Å². The van der Waals surface area contributed by atoms with Gasteiger partial charge in [0.2, 0.25) is 5.91 Å². The lowest BCUT2D eigenvalue weighted by Gasteiger charge is -2.27. The first-order chi connectivity index (χ1) is 33.9. The highest BCUT2D eigenvalue weighted by atomic mass is 16.2. The lowest BCUT2D eigenvalue weighted by Crippen LogP contribution is -2.42. The molecule has 0 bridgehead atoms. The summed E-state index contributed by atoms with van der Waals surface area (Å²) < 4.78 is 0. The van der Waals surface area contributed by atoms with Crippen molar-refractivity contribution in [3.8, 4) is 48.1 Å². The maximum absolute atomic E-state index is 12.9. The van der Waals surface area contributed by atoms with E-state index < -0.39 is 0 Å². The van der Waals surface area contributed by atoms with Gasteiger partial charge in [-0.25, -0.2) is 9.97 Å². The number of imidazole rings is 2. The van der Waals surface area contributed by atoms with Crippen molar-refractivity contribution >= 4 is 27.7 Å². The molecule has 386 valence electrons. The summed E-state index contributed by atoms with van der Waals surface area (Å²) in [7, 11) is 2.17. The maximum atomic E-state index is 12.9. The summed E-state index contributed by atoms with van der Waals surface area (Å²) in [5.41, 5.74) is 14.0. The van der Waals surface area contributed by atoms with E-state index in [9.17, 15) is 4.79 Å². The molecule has 5 N–H and O–H groups in total. The summed E-state index contributed by atoms with van der Waals surface area (Å²) in [6.07, 6.45) is 38.8. The van der Waals surface area contributed by atoms with E-state index in [-0.39, 0.29) is 18.5 Å². The number of carbonyl (C=O) groups is 1. The van der Waals surface area contributed by atoms with Crippen LogP contribution in [0.2, 0.25) is 0 Å². The molecule has 5 aromatic rings. The smallest absolute Gasteiger partial charge is 0.242 e. The Labute approximate surface area is 427 Å². The van der Waals surface area contributed by atoms with Crippen molar-refractivity contribution in [2.75, 3.05) is 13.6 Å². The molecule has 1 saturated carbocycles. The van der Waals surface area contributed by atoms with Crippen LogP contribution < -0.4 is 11.1 Å². The number of benzene rings is 3. The van der Waals surface area contributed by atoms with Crippen LogP contribution in [0, 0.1) is 25.7 Å². The first-order valence-electron chi connectivity index (χ1n) is 26.0. The van der Waals surface area contributed by atoms with Crippen LogP contribution in [-0.4, -0.2) is 61.3 Å². The summed E-state index contributed by atoms with van der Waals surface area (Å²) in [6, 6.07) is 16.5. The Balaban J connectivity index is 0.